The first-order valence-electron chi connectivity index (χ1n) is 9.96. The molecule has 0 aliphatic carbocycles. The number of rotatable bonds is 7. The van der Waals surface area contributed by atoms with Gasteiger partial charge in [-0.25, -0.2) is 4.39 Å². The maximum atomic E-state index is 13.6. The number of methoxy groups -OCH3 is 2. The summed E-state index contributed by atoms with van der Waals surface area (Å²) in [5, 5.41) is 2.98. The Bertz CT molecular complexity index is 838. The van der Waals surface area contributed by atoms with Gasteiger partial charge in [0.1, 0.15) is 50.0 Å². The highest BCUT2D eigenvalue weighted by molar-refractivity contribution is 5.94. The molecular weight excluding hydrogens is 373 g/mol. The van der Waals surface area contributed by atoms with E-state index in [1.54, 1.807) is 26.4 Å². The highest BCUT2D eigenvalue weighted by Crippen LogP contribution is 2.23. The van der Waals surface area contributed by atoms with Gasteiger partial charge in [0.05, 0.1) is 25.5 Å². The van der Waals surface area contributed by atoms with Crippen LogP contribution >= 0.6 is 0 Å². The summed E-state index contributed by atoms with van der Waals surface area (Å²) in [5.41, 5.74) is 1.57. The van der Waals surface area contributed by atoms with Crippen molar-refractivity contribution in [3.05, 3.63) is 53.8 Å². The molecule has 1 amide bonds. The lowest BCUT2D eigenvalue weighted by Gasteiger charge is -2.32. The smallest absolute Gasteiger partial charge is 0.282 e. The normalized spacial score (nSPS) is 20.0. The van der Waals surface area contributed by atoms with E-state index >= 15 is 0 Å². The third-order valence-electron chi connectivity index (χ3n) is 5.65. The predicted molar refractivity (Wildman–Crippen MR) is 109 cm³/mol. The minimum atomic E-state index is -0.244. The Hall–Kier alpha value is -2.64. The van der Waals surface area contributed by atoms with Crippen molar-refractivity contribution in [2.45, 2.75) is 19.5 Å². The van der Waals surface area contributed by atoms with Crippen LogP contribution in [0.4, 0.5) is 10.1 Å². The quantitative estimate of drug-likeness (QED) is 0.617. The number of hydrogen-bond acceptors (Lipinski definition) is 3. The van der Waals surface area contributed by atoms with Crippen molar-refractivity contribution < 1.29 is 28.5 Å². The molecule has 29 heavy (non-hydrogen) atoms. The van der Waals surface area contributed by atoms with E-state index in [0.717, 1.165) is 44.0 Å². The fourth-order valence-electron chi connectivity index (χ4n) is 3.86. The lowest BCUT2D eigenvalue weighted by molar-refractivity contribution is -1.02. The highest BCUT2D eigenvalue weighted by atomic mass is 19.1. The van der Waals surface area contributed by atoms with Crippen LogP contribution in [0.15, 0.2) is 42.5 Å². The summed E-state index contributed by atoms with van der Waals surface area (Å²) in [7, 11) is 3.20. The number of carbonyl (C=O) groups is 1. The number of anilines is 1. The van der Waals surface area contributed by atoms with Gasteiger partial charge < -0.3 is 24.6 Å². The second kappa shape index (κ2) is 9.71. The number of carbonyl (C=O) groups excluding carboxylic acids is 1. The fraction of sp³-hybridized carbons (Fsp3) is 0.409. The largest absolute Gasteiger partial charge is 0.496 e. The monoisotopic (exact) mass is 403 g/mol. The Morgan fingerprint density at radius 2 is 1.76 bits per heavy atom. The SMILES string of the molecule is COc1ccc(F)cc1C[NH+]1CC[NH+]([C@@H](C)C(=O)Nc2ccccc2OC)CC1. The van der Waals surface area contributed by atoms with E-state index < -0.39 is 0 Å². The minimum Gasteiger partial charge on any atom is -0.496 e. The number of quaternary nitrogens is 2. The Balaban J connectivity index is 1.55. The molecule has 1 aliphatic rings. The predicted octanol–water partition coefficient (Wildman–Crippen LogP) is 0.154. The maximum Gasteiger partial charge on any atom is 0.282 e. The first kappa shape index (κ1) is 21.1. The molecule has 1 atom stereocenters. The standard InChI is InChI=1S/C22H28FN3O3/c1-16(22(27)24-19-6-4-5-7-21(19)29-3)26-12-10-25(11-13-26)15-17-14-18(23)8-9-20(17)28-2/h4-9,14,16H,10-13,15H2,1-3H3,(H,24,27)/p+2/t16-/m0/s1. The molecule has 156 valence electrons. The number of nitrogens with one attached hydrogen (secondary N) is 3. The molecule has 0 radical (unpaired) electrons. The fourth-order valence-corrected chi connectivity index (χ4v) is 3.86. The van der Waals surface area contributed by atoms with E-state index in [2.05, 4.69) is 5.32 Å². The van der Waals surface area contributed by atoms with Gasteiger partial charge in [-0.1, -0.05) is 12.1 Å². The number of para-hydroxylation sites is 2. The van der Waals surface area contributed by atoms with E-state index in [9.17, 15) is 9.18 Å². The minimum absolute atomic E-state index is 0.0141. The van der Waals surface area contributed by atoms with Gasteiger partial charge in [-0.15, -0.1) is 0 Å². The number of benzene rings is 2. The lowest BCUT2D eigenvalue weighted by atomic mass is 10.1. The van der Waals surface area contributed by atoms with Crippen molar-refractivity contribution in [2.75, 3.05) is 45.7 Å². The Morgan fingerprint density at radius 3 is 2.45 bits per heavy atom. The van der Waals surface area contributed by atoms with Crippen molar-refractivity contribution in [3.63, 3.8) is 0 Å². The van der Waals surface area contributed by atoms with Crippen LogP contribution in [0.2, 0.25) is 0 Å². The molecule has 0 saturated carbocycles. The van der Waals surface area contributed by atoms with Crippen molar-refractivity contribution >= 4 is 11.6 Å². The summed E-state index contributed by atoms with van der Waals surface area (Å²) in [5.74, 6) is 1.12. The van der Waals surface area contributed by atoms with Gasteiger partial charge in [0, 0.05) is 0 Å². The molecule has 0 aromatic heterocycles. The van der Waals surface area contributed by atoms with Crippen molar-refractivity contribution in [1.82, 2.24) is 0 Å². The lowest BCUT2D eigenvalue weighted by Crippen LogP contribution is -3.29. The second-order valence-corrected chi connectivity index (χ2v) is 7.45. The van der Waals surface area contributed by atoms with E-state index in [4.69, 9.17) is 9.47 Å². The molecule has 1 fully saturated rings. The van der Waals surface area contributed by atoms with Gasteiger partial charge in [-0.05, 0) is 37.3 Å². The van der Waals surface area contributed by atoms with Crippen LogP contribution in [0.1, 0.15) is 12.5 Å². The van der Waals surface area contributed by atoms with Crippen LogP contribution in [-0.4, -0.2) is 52.3 Å². The molecule has 2 aromatic rings. The summed E-state index contributed by atoms with van der Waals surface area (Å²) >= 11 is 0. The molecule has 1 saturated heterocycles. The third kappa shape index (κ3) is 5.25. The Kier molecular flexibility index (Phi) is 7.06. The number of halogens is 1. The second-order valence-electron chi connectivity index (χ2n) is 7.45. The van der Waals surface area contributed by atoms with Crippen LogP contribution in [0.5, 0.6) is 11.5 Å². The molecule has 1 aliphatic heterocycles. The van der Waals surface area contributed by atoms with E-state index in [1.165, 1.54) is 15.9 Å². The average Bonchev–Trinajstić information content (AvgIpc) is 2.74. The molecule has 3 rings (SSSR count). The van der Waals surface area contributed by atoms with Gasteiger partial charge in [-0.3, -0.25) is 4.79 Å². The third-order valence-corrected chi connectivity index (χ3v) is 5.65. The Morgan fingerprint density at radius 1 is 1.07 bits per heavy atom. The zero-order valence-electron chi connectivity index (χ0n) is 17.3. The number of hydrogen-bond donors (Lipinski definition) is 3. The van der Waals surface area contributed by atoms with E-state index in [0.29, 0.717) is 11.4 Å². The summed E-state index contributed by atoms with van der Waals surface area (Å²) in [6, 6.07) is 11.9. The van der Waals surface area contributed by atoms with E-state index in [-0.39, 0.29) is 17.8 Å². The molecule has 3 N–H and O–H groups in total. The van der Waals surface area contributed by atoms with Crippen LogP contribution in [0, 0.1) is 5.82 Å². The molecule has 0 spiro atoms. The molecule has 0 unspecified atom stereocenters. The van der Waals surface area contributed by atoms with Gasteiger partial charge in [-0.2, -0.15) is 0 Å². The highest BCUT2D eigenvalue weighted by Gasteiger charge is 2.31. The number of ether oxygens (including phenoxy) is 2. The zero-order chi connectivity index (χ0) is 20.8. The topological polar surface area (TPSA) is 56.4 Å². The molecule has 0 bridgehead atoms. The van der Waals surface area contributed by atoms with Crippen molar-refractivity contribution in [2.24, 2.45) is 0 Å². The molecule has 1 heterocycles. The number of piperazine rings is 1. The summed E-state index contributed by atoms with van der Waals surface area (Å²) in [6.45, 7) is 6.28. The van der Waals surface area contributed by atoms with Crippen molar-refractivity contribution in [3.8, 4) is 11.5 Å². The molecule has 7 heteroatoms. The molecule has 6 nitrogen and oxygen atoms in total. The van der Waals surface area contributed by atoms with Crippen LogP contribution < -0.4 is 24.6 Å². The van der Waals surface area contributed by atoms with Crippen molar-refractivity contribution in [1.29, 1.82) is 0 Å². The average molecular weight is 403 g/mol. The zero-order valence-corrected chi connectivity index (χ0v) is 17.3. The maximum absolute atomic E-state index is 13.6. The molecular formula is C22H30FN3O3+2. The van der Waals surface area contributed by atoms with Crippen LogP contribution in [0.25, 0.3) is 0 Å². The summed E-state index contributed by atoms with van der Waals surface area (Å²) in [4.78, 5) is 15.3. The van der Waals surface area contributed by atoms with Gasteiger partial charge in [0.15, 0.2) is 6.04 Å². The van der Waals surface area contributed by atoms with Crippen LogP contribution in [0.3, 0.4) is 0 Å². The number of amides is 1. The Labute approximate surface area is 171 Å². The van der Waals surface area contributed by atoms with Crippen LogP contribution in [-0.2, 0) is 11.3 Å². The summed E-state index contributed by atoms with van der Waals surface area (Å²) in [6.07, 6.45) is 0. The van der Waals surface area contributed by atoms with Gasteiger partial charge in [0.25, 0.3) is 5.91 Å². The first-order chi connectivity index (χ1) is 14.0. The first-order valence-corrected chi connectivity index (χ1v) is 9.96. The summed E-state index contributed by atoms with van der Waals surface area (Å²) < 4.78 is 24.3. The van der Waals surface area contributed by atoms with Gasteiger partial charge >= 0.3 is 0 Å². The van der Waals surface area contributed by atoms with E-state index in [1.807, 2.05) is 31.2 Å². The van der Waals surface area contributed by atoms with Gasteiger partial charge in [0.2, 0.25) is 0 Å². The molecule has 2 aromatic carbocycles.